The van der Waals surface area contributed by atoms with Crippen molar-refractivity contribution in [3.63, 3.8) is 0 Å². The molecule has 1 heterocycles. The maximum atomic E-state index is 10.7. The smallest absolute Gasteiger partial charge is 0.207 e. The molecule has 0 fully saturated rings. The number of hydrogen-bond acceptors (Lipinski definition) is 5. The summed E-state index contributed by atoms with van der Waals surface area (Å²) in [5.74, 6) is 0.631. The van der Waals surface area contributed by atoms with Crippen LogP contribution >= 0.6 is 10.8 Å². The third-order valence-corrected chi connectivity index (χ3v) is 5.34. The lowest BCUT2D eigenvalue weighted by atomic mass is 10.2. The van der Waals surface area contributed by atoms with E-state index in [0.29, 0.717) is 24.4 Å². The van der Waals surface area contributed by atoms with Gasteiger partial charge >= 0.3 is 0 Å². The topological polar surface area (TPSA) is 79.0 Å². The SMILES string of the molecule is NCCC1Oc2ccccc2N(c2ccccc2)S1(O)O. The van der Waals surface area contributed by atoms with Gasteiger partial charge in [-0.3, -0.25) is 9.11 Å². The van der Waals surface area contributed by atoms with Gasteiger partial charge < -0.3 is 10.5 Å². The largest absolute Gasteiger partial charge is 0.466 e. The van der Waals surface area contributed by atoms with E-state index in [0.717, 1.165) is 5.69 Å². The summed E-state index contributed by atoms with van der Waals surface area (Å²) in [5.41, 5.74) is 6.21. The number of anilines is 2. The highest BCUT2D eigenvalue weighted by atomic mass is 32.3. The first-order valence-electron chi connectivity index (χ1n) is 6.72. The molecule has 0 aromatic heterocycles. The number of fused-ring (bicyclic) bond motifs is 1. The Morgan fingerprint density at radius 2 is 1.71 bits per heavy atom. The van der Waals surface area contributed by atoms with Crippen molar-refractivity contribution < 1.29 is 13.8 Å². The predicted molar refractivity (Wildman–Crippen MR) is 86.0 cm³/mol. The molecule has 4 N–H and O–H groups in total. The second kappa shape index (κ2) is 5.57. The summed E-state index contributed by atoms with van der Waals surface area (Å²) in [5, 5.41) is 0. The van der Waals surface area contributed by atoms with Gasteiger partial charge in [-0.1, -0.05) is 41.1 Å². The molecule has 5 nitrogen and oxygen atoms in total. The zero-order chi connectivity index (χ0) is 14.9. The minimum atomic E-state index is -3.16. The summed E-state index contributed by atoms with van der Waals surface area (Å²) in [6, 6.07) is 16.6. The minimum absolute atomic E-state index is 0.325. The fourth-order valence-electron chi connectivity index (χ4n) is 2.40. The summed E-state index contributed by atoms with van der Waals surface area (Å²) in [7, 11) is -3.16. The molecule has 0 saturated heterocycles. The van der Waals surface area contributed by atoms with Crippen molar-refractivity contribution in [1.29, 1.82) is 0 Å². The highest BCUT2D eigenvalue weighted by molar-refractivity contribution is 8.26. The van der Waals surface area contributed by atoms with Crippen molar-refractivity contribution >= 4 is 22.2 Å². The van der Waals surface area contributed by atoms with Crippen LogP contribution in [0, 0.1) is 0 Å². The van der Waals surface area contributed by atoms with Crippen LogP contribution in [0.15, 0.2) is 54.6 Å². The van der Waals surface area contributed by atoms with E-state index in [9.17, 15) is 9.11 Å². The first-order chi connectivity index (χ1) is 10.1. The van der Waals surface area contributed by atoms with Gasteiger partial charge in [0, 0.05) is 6.42 Å². The van der Waals surface area contributed by atoms with Gasteiger partial charge in [0.05, 0.1) is 5.69 Å². The molecule has 21 heavy (non-hydrogen) atoms. The van der Waals surface area contributed by atoms with E-state index in [1.165, 1.54) is 0 Å². The van der Waals surface area contributed by atoms with Gasteiger partial charge in [0.1, 0.15) is 11.4 Å². The fourth-order valence-corrected chi connectivity index (χ4v) is 4.20. The van der Waals surface area contributed by atoms with Crippen molar-refractivity contribution in [3.05, 3.63) is 54.6 Å². The van der Waals surface area contributed by atoms with Crippen molar-refractivity contribution in [2.75, 3.05) is 10.8 Å². The number of rotatable bonds is 3. The normalized spacial score (nSPS) is 21.3. The van der Waals surface area contributed by atoms with Gasteiger partial charge in [0.2, 0.25) is 5.44 Å². The van der Waals surface area contributed by atoms with Crippen LogP contribution < -0.4 is 14.8 Å². The maximum Gasteiger partial charge on any atom is 0.207 e. The van der Waals surface area contributed by atoms with E-state index in [4.69, 9.17) is 10.5 Å². The van der Waals surface area contributed by atoms with Crippen molar-refractivity contribution in [2.45, 2.75) is 11.9 Å². The van der Waals surface area contributed by atoms with E-state index in [1.807, 2.05) is 54.6 Å². The van der Waals surface area contributed by atoms with Crippen molar-refractivity contribution in [3.8, 4) is 5.75 Å². The van der Waals surface area contributed by atoms with E-state index in [2.05, 4.69) is 0 Å². The van der Waals surface area contributed by atoms with Crippen LogP contribution in [0.1, 0.15) is 6.42 Å². The first kappa shape index (κ1) is 14.2. The third-order valence-electron chi connectivity index (χ3n) is 3.36. The highest BCUT2D eigenvalue weighted by Gasteiger charge is 2.40. The molecule has 1 aliphatic heterocycles. The maximum absolute atomic E-state index is 10.7. The molecular weight excluding hydrogens is 288 g/mol. The quantitative estimate of drug-likeness (QED) is 0.808. The number of hydrogen-bond donors (Lipinski definition) is 3. The molecule has 1 atom stereocenters. The van der Waals surface area contributed by atoms with Crippen LogP contribution in [0.2, 0.25) is 0 Å². The van der Waals surface area contributed by atoms with Crippen LogP contribution in [0.4, 0.5) is 11.4 Å². The molecule has 0 bridgehead atoms. The van der Waals surface area contributed by atoms with Gasteiger partial charge in [0.15, 0.2) is 0 Å². The van der Waals surface area contributed by atoms with E-state index >= 15 is 0 Å². The molecule has 0 saturated carbocycles. The second-order valence-corrected chi connectivity index (χ2v) is 6.80. The molecule has 3 rings (SSSR count). The van der Waals surface area contributed by atoms with E-state index in [1.54, 1.807) is 4.31 Å². The van der Waals surface area contributed by atoms with Gasteiger partial charge in [-0.25, -0.2) is 4.31 Å². The number of para-hydroxylation sites is 3. The standard InChI is InChI=1S/C15H18N2O3S/c16-11-10-15-20-14-9-5-4-8-13(14)17(21(15,18)19)12-6-2-1-3-7-12/h1-9,15,18-19H,10-11,16H2. The molecule has 2 aromatic carbocycles. The Morgan fingerprint density at radius 3 is 2.43 bits per heavy atom. The van der Waals surface area contributed by atoms with Crippen LogP contribution in [0.3, 0.4) is 0 Å². The van der Waals surface area contributed by atoms with E-state index < -0.39 is 16.2 Å². The molecular formula is C15H18N2O3S. The monoisotopic (exact) mass is 306 g/mol. The Labute approximate surface area is 125 Å². The Kier molecular flexibility index (Phi) is 3.77. The summed E-state index contributed by atoms with van der Waals surface area (Å²) < 4.78 is 28.7. The lowest BCUT2D eigenvalue weighted by Gasteiger charge is -2.51. The van der Waals surface area contributed by atoms with Gasteiger partial charge in [-0.15, -0.1) is 0 Å². The summed E-state index contributed by atoms with van der Waals surface area (Å²) in [6.45, 7) is 0.325. The van der Waals surface area contributed by atoms with Crippen LogP contribution in [-0.2, 0) is 0 Å². The van der Waals surface area contributed by atoms with Crippen molar-refractivity contribution in [1.82, 2.24) is 0 Å². The highest BCUT2D eigenvalue weighted by Crippen LogP contribution is 2.61. The fraction of sp³-hybridized carbons (Fsp3) is 0.200. The number of benzene rings is 2. The number of nitrogens with zero attached hydrogens (tertiary/aromatic N) is 1. The Bertz CT molecular complexity index is 621. The molecule has 1 unspecified atom stereocenters. The van der Waals surface area contributed by atoms with Gasteiger partial charge in [-0.2, -0.15) is 0 Å². The zero-order valence-corrected chi connectivity index (χ0v) is 12.2. The summed E-state index contributed by atoms with van der Waals surface area (Å²) in [6.07, 6.45) is 0.375. The second-order valence-electron chi connectivity index (χ2n) is 4.78. The van der Waals surface area contributed by atoms with Gasteiger partial charge in [0.25, 0.3) is 0 Å². The summed E-state index contributed by atoms with van der Waals surface area (Å²) >= 11 is 0. The lowest BCUT2D eigenvalue weighted by molar-refractivity contribution is 0.241. The predicted octanol–water partition coefficient (Wildman–Crippen LogP) is 3.56. The molecule has 112 valence electrons. The number of nitrogens with two attached hydrogens (primary N) is 1. The lowest BCUT2D eigenvalue weighted by Crippen LogP contribution is -2.40. The first-order valence-corrected chi connectivity index (χ1v) is 8.29. The Morgan fingerprint density at radius 1 is 1.05 bits per heavy atom. The minimum Gasteiger partial charge on any atom is -0.466 e. The molecule has 1 aliphatic rings. The summed E-state index contributed by atoms with van der Waals surface area (Å²) in [4.78, 5) is 0. The van der Waals surface area contributed by atoms with Crippen LogP contribution in [0.25, 0.3) is 0 Å². The molecule has 0 spiro atoms. The number of ether oxygens (including phenoxy) is 1. The Hall–Kier alpha value is -1.73. The average Bonchev–Trinajstić information content (AvgIpc) is 2.49. The Balaban J connectivity index is 2.13. The average molecular weight is 306 g/mol. The van der Waals surface area contributed by atoms with E-state index in [-0.39, 0.29) is 0 Å². The molecule has 0 radical (unpaired) electrons. The van der Waals surface area contributed by atoms with Crippen LogP contribution in [-0.4, -0.2) is 21.1 Å². The molecule has 0 amide bonds. The molecule has 2 aromatic rings. The molecule has 0 aliphatic carbocycles. The van der Waals surface area contributed by atoms with Crippen LogP contribution in [0.5, 0.6) is 5.75 Å². The molecule has 6 heteroatoms. The zero-order valence-electron chi connectivity index (χ0n) is 11.4. The van der Waals surface area contributed by atoms with Gasteiger partial charge in [-0.05, 0) is 30.8 Å². The third kappa shape index (κ3) is 2.47. The van der Waals surface area contributed by atoms with Crippen molar-refractivity contribution in [2.24, 2.45) is 5.73 Å².